The molecule has 0 radical (unpaired) electrons. The second-order valence-corrected chi connectivity index (χ2v) is 6.95. The standard InChI is InChI=1S/C22H22BrN3O5/c1-3-29-17-7-5-16(6-8-17)26-22(28)15(12-24)9-14-10-18(23)21(31-13-20(25)27)19(11-14)30-4-2/h5-11H,3-4,13H2,1-2H3,(H2,25,27)(H,26,28)/b15-9+. The number of nitrogens with two attached hydrogens (primary N) is 1. The Morgan fingerprint density at radius 2 is 1.81 bits per heavy atom. The van der Waals surface area contributed by atoms with Crippen LogP contribution in [-0.2, 0) is 9.59 Å². The van der Waals surface area contributed by atoms with Gasteiger partial charge in [0.25, 0.3) is 11.8 Å². The molecule has 9 heteroatoms. The normalized spacial score (nSPS) is 10.7. The molecule has 31 heavy (non-hydrogen) atoms. The van der Waals surface area contributed by atoms with Crippen LogP contribution in [0.4, 0.5) is 5.69 Å². The number of nitrogens with one attached hydrogen (secondary N) is 1. The first-order valence-electron chi connectivity index (χ1n) is 9.41. The highest BCUT2D eigenvalue weighted by atomic mass is 79.9. The van der Waals surface area contributed by atoms with E-state index in [0.717, 1.165) is 0 Å². The molecule has 0 aliphatic rings. The summed E-state index contributed by atoms with van der Waals surface area (Å²) >= 11 is 3.36. The molecule has 0 saturated carbocycles. The van der Waals surface area contributed by atoms with Crippen LogP contribution in [0.25, 0.3) is 6.08 Å². The highest BCUT2D eigenvalue weighted by Gasteiger charge is 2.15. The van der Waals surface area contributed by atoms with Gasteiger partial charge in [-0.25, -0.2) is 0 Å². The van der Waals surface area contributed by atoms with Gasteiger partial charge < -0.3 is 25.3 Å². The van der Waals surface area contributed by atoms with Crippen LogP contribution in [0.3, 0.4) is 0 Å². The Morgan fingerprint density at radius 1 is 1.13 bits per heavy atom. The molecule has 3 N–H and O–H groups in total. The Morgan fingerprint density at radius 3 is 2.39 bits per heavy atom. The number of benzene rings is 2. The fraction of sp³-hybridized carbons (Fsp3) is 0.227. The predicted molar refractivity (Wildman–Crippen MR) is 120 cm³/mol. The van der Waals surface area contributed by atoms with Gasteiger partial charge in [-0.3, -0.25) is 9.59 Å². The van der Waals surface area contributed by atoms with Crippen LogP contribution in [0.15, 0.2) is 46.4 Å². The smallest absolute Gasteiger partial charge is 0.266 e. The van der Waals surface area contributed by atoms with Gasteiger partial charge in [0.05, 0.1) is 17.7 Å². The number of nitriles is 1. The van der Waals surface area contributed by atoms with Crippen LogP contribution in [0.2, 0.25) is 0 Å². The first-order valence-corrected chi connectivity index (χ1v) is 10.2. The highest BCUT2D eigenvalue weighted by Crippen LogP contribution is 2.37. The molecule has 2 aromatic rings. The molecule has 0 saturated heterocycles. The summed E-state index contributed by atoms with van der Waals surface area (Å²) in [5.74, 6) is 0.137. The molecule has 2 aromatic carbocycles. The first kappa shape index (κ1) is 23.8. The lowest BCUT2D eigenvalue weighted by Crippen LogP contribution is -2.20. The Labute approximate surface area is 188 Å². The van der Waals surface area contributed by atoms with Crippen molar-refractivity contribution in [1.82, 2.24) is 0 Å². The molecule has 0 heterocycles. The molecule has 162 valence electrons. The number of hydrogen-bond acceptors (Lipinski definition) is 6. The molecule has 0 aromatic heterocycles. The van der Waals surface area contributed by atoms with Crippen molar-refractivity contribution in [3.05, 3.63) is 52.0 Å². The van der Waals surface area contributed by atoms with Gasteiger partial charge in [0.1, 0.15) is 17.4 Å². The van der Waals surface area contributed by atoms with Crippen LogP contribution in [-0.4, -0.2) is 31.6 Å². The van der Waals surface area contributed by atoms with Gasteiger partial charge >= 0.3 is 0 Å². The van der Waals surface area contributed by atoms with E-state index in [9.17, 15) is 14.9 Å². The minimum absolute atomic E-state index is 0.103. The molecular weight excluding hydrogens is 466 g/mol. The third kappa shape index (κ3) is 7.04. The van der Waals surface area contributed by atoms with E-state index in [1.54, 1.807) is 43.3 Å². The highest BCUT2D eigenvalue weighted by molar-refractivity contribution is 9.10. The van der Waals surface area contributed by atoms with Crippen molar-refractivity contribution in [2.75, 3.05) is 25.1 Å². The van der Waals surface area contributed by atoms with E-state index in [2.05, 4.69) is 21.2 Å². The van der Waals surface area contributed by atoms with E-state index in [-0.39, 0.29) is 12.2 Å². The zero-order chi connectivity index (χ0) is 22.8. The first-order chi connectivity index (χ1) is 14.9. The van der Waals surface area contributed by atoms with E-state index in [1.165, 1.54) is 6.08 Å². The summed E-state index contributed by atoms with van der Waals surface area (Å²) < 4.78 is 16.8. The zero-order valence-electron chi connectivity index (χ0n) is 17.1. The van der Waals surface area contributed by atoms with Crippen LogP contribution in [0.1, 0.15) is 19.4 Å². The molecule has 2 rings (SSSR count). The van der Waals surface area contributed by atoms with E-state index < -0.39 is 11.8 Å². The van der Waals surface area contributed by atoms with Crippen LogP contribution in [0.5, 0.6) is 17.2 Å². The molecule has 2 amide bonds. The second-order valence-electron chi connectivity index (χ2n) is 6.10. The summed E-state index contributed by atoms with van der Waals surface area (Å²) in [6, 6.07) is 12.0. The van der Waals surface area contributed by atoms with Gasteiger partial charge in [-0.05, 0) is 77.8 Å². The van der Waals surface area contributed by atoms with Crippen LogP contribution < -0.4 is 25.3 Å². The topological polar surface area (TPSA) is 124 Å². The van der Waals surface area contributed by atoms with Crippen molar-refractivity contribution in [3.63, 3.8) is 0 Å². The van der Waals surface area contributed by atoms with Gasteiger partial charge in [0.15, 0.2) is 18.1 Å². The fourth-order valence-electron chi connectivity index (χ4n) is 2.53. The van der Waals surface area contributed by atoms with Gasteiger partial charge in [0, 0.05) is 5.69 Å². The largest absolute Gasteiger partial charge is 0.494 e. The molecule has 8 nitrogen and oxygen atoms in total. The summed E-state index contributed by atoms with van der Waals surface area (Å²) in [5, 5.41) is 12.2. The summed E-state index contributed by atoms with van der Waals surface area (Å²) in [6.45, 7) is 4.24. The lowest BCUT2D eigenvalue weighted by atomic mass is 10.1. The number of carbonyl (C=O) groups excluding carboxylic acids is 2. The number of anilines is 1. The Kier molecular flexibility index (Phi) is 8.91. The maximum Gasteiger partial charge on any atom is 0.266 e. The van der Waals surface area contributed by atoms with Crippen molar-refractivity contribution in [2.24, 2.45) is 5.73 Å². The van der Waals surface area contributed by atoms with Crippen molar-refractivity contribution >= 4 is 39.5 Å². The summed E-state index contributed by atoms with van der Waals surface area (Å²) in [4.78, 5) is 23.6. The van der Waals surface area contributed by atoms with E-state index >= 15 is 0 Å². The molecular formula is C22H22BrN3O5. The maximum atomic E-state index is 12.5. The number of nitrogens with zero attached hydrogens (tertiary/aromatic N) is 1. The monoisotopic (exact) mass is 487 g/mol. The van der Waals surface area contributed by atoms with E-state index in [4.69, 9.17) is 19.9 Å². The van der Waals surface area contributed by atoms with Crippen molar-refractivity contribution < 1.29 is 23.8 Å². The van der Waals surface area contributed by atoms with Crippen molar-refractivity contribution in [3.8, 4) is 23.3 Å². The number of primary amides is 1. The second kappa shape index (κ2) is 11.6. The maximum absolute atomic E-state index is 12.5. The van der Waals surface area contributed by atoms with E-state index in [1.807, 2.05) is 13.0 Å². The summed E-state index contributed by atoms with van der Waals surface area (Å²) in [7, 11) is 0. The number of rotatable bonds is 10. The van der Waals surface area contributed by atoms with Crippen molar-refractivity contribution in [1.29, 1.82) is 5.26 Å². The molecule has 0 bridgehead atoms. The Bertz CT molecular complexity index is 1010. The predicted octanol–water partition coefficient (Wildman–Crippen LogP) is 3.66. The molecule has 0 spiro atoms. The van der Waals surface area contributed by atoms with Gasteiger partial charge in [-0.2, -0.15) is 5.26 Å². The number of ether oxygens (including phenoxy) is 3. The Balaban J connectivity index is 2.26. The van der Waals surface area contributed by atoms with Gasteiger partial charge in [0.2, 0.25) is 0 Å². The molecule has 0 aliphatic heterocycles. The molecule has 0 atom stereocenters. The summed E-state index contributed by atoms with van der Waals surface area (Å²) in [5.41, 5.74) is 6.08. The average molecular weight is 488 g/mol. The Hall–Kier alpha value is -3.51. The number of carbonyl (C=O) groups is 2. The van der Waals surface area contributed by atoms with Gasteiger partial charge in [-0.1, -0.05) is 0 Å². The number of halogens is 1. The van der Waals surface area contributed by atoms with Crippen molar-refractivity contribution in [2.45, 2.75) is 13.8 Å². The third-order valence-electron chi connectivity index (χ3n) is 3.79. The van der Waals surface area contributed by atoms with Crippen LogP contribution >= 0.6 is 15.9 Å². The SMILES string of the molecule is CCOc1ccc(NC(=O)/C(C#N)=C/c2cc(Br)c(OCC(N)=O)c(OCC)c2)cc1. The van der Waals surface area contributed by atoms with Gasteiger partial charge in [-0.15, -0.1) is 0 Å². The number of hydrogen-bond donors (Lipinski definition) is 2. The molecule has 0 fully saturated rings. The zero-order valence-corrected chi connectivity index (χ0v) is 18.7. The summed E-state index contributed by atoms with van der Waals surface area (Å²) in [6.07, 6.45) is 1.43. The minimum atomic E-state index is -0.629. The lowest BCUT2D eigenvalue weighted by molar-refractivity contribution is -0.120. The van der Waals surface area contributed by atoms with Crippen LogP contribution in [0, 0.1) is 11.3 Å². The average Bonchev–Trinajstić information content (AvgIpc) is 2.73. The molecule has 0 aliphatic carbocycles. The lowest BCUT2D eigenvalue weighted by Gasteiger charge is -2.14. The van der Waals surface area contributed by atoms with E-state index in [0.29, 0.717) is 46.2 Å². The fourth-order valence-corrected chi connectivity index (χ4v) is 3.11. The third-order valence-corrected chi connectivity index (χ3v) is 4.38. The quantitative estimate of drug-likeness (QED) is 0.389. The number of amides is 2. The minimum Gasteiger partial charge on any atom is -0.494 e. The molecule has 0 unspecified atom stereocenters.